The zero-order valence-corrected chi connectivity index (χ0v) is 9.34. The molecular weight excluding hydrogens is 227 g/mol. The average molecular weight is 238 g/mol. The Labute approximate surface area is 97.9 Å². The smallest absolute Gasteiger partial charge is 0.427 e. The van der Waals surface area contributed by atoms with Crippen molar-refractivity contribution in [3.63, 3.8) is 0 Å². The van der Waals surface area contributed by atoms with Crippen molar-refractivity contribution in [2.75, 3.05) is 0 Å². The van der Waals surface area contributed by atoms with E-state index in [4.69, 9.17) is 9.47 Å². The Morgan fingerprint density at radius 2 is 1.47 bits per heavy atom. The molecule has 1 aromatic carbocycles. The van der Waals surface area contributed by atoms with Gasteiger partial charge in [0.05, 0.1) is 5.46 Å². The third kappa shape index (κ3) is 3.58. The Hall–Kier alpha value is -1.86. The predicted molar refractivity (Wildman–Crippen MR) is 58.9 cm³/mol. The zero-order valence-electron chi connectivity index (χ0n) is 9.34. The van der Waals surface area contributed by atoms with E-state index in [1.54, 1.807) is 0 Å². The summed E-state index contributed by atoms with van der Waals surface area (Å²) in [5.74, 6) is -1.36. The van der Waals surface area contributed by atoms with E-state index < -0.39 is 19.1 Å². The summed E-state index contributed by atoms with van der Waals surface area (Å²) >= 11 is 0. The van der Waals surface area contributed by atoms with Crippen molar-refractivity contribution < 1.29 is 29.1 Å². The molecule has 90 valence electrons. The molecule has 0 aliphatic rings. The number of rotatable bonds is 3. The molecule has 0 heterocycles. The van der Waals surface area contributed by atoms with Crippen molar-refractivity contribution in [1.82, 2.24) is 0 Å². The van der Waals surface area contributed by atoms with E-state index >= 15 is 0 Å². The van der Waals surface area contributed by atoms with Gasteiger partial charge in [0.2, 0.25) is 0 Å². The summed E-state index contributed by atoms with van der Waals surface area (Å²) in [7, 11) is -1.92. The lowest BCUT2D eigenvalue weighted by Gasteiger charge is -2.12. The molecule has 6 nitrogen and oxygen atoms in total. The van der Waals surface area contributed by atoms with Crippen LogP contribution < -0.4 is 14.9 Å². The molecule has 0 amide bonds. The van der Waals surface area contributed by atoms with Gasteiger partial charge in [0.1, 0.15) is 11.5 Å². The normalized spacial score (nSPS) is 9.65. The molecule has 0 fully saturated rings. The SMILES string of the molecule is CC(=O)Oc1cccc(OC(C)=O)c1B(O)O. The van der Waals surface area contributed by atoms with Gasteiger partial charge in [0, 0.05) is 13.8 Å². The van der Waals surface area contributed by atoms with Crippen LogP contribution >= 0.6 is 0 Å². The van der Waals surface area contributed by atoms with Crippen molar-refractivity contribution in [1.29, 1.82) is 0 Å². The summed E-state index contributed by atoms with van der Waals surface area (Å²) in [6, 6.07) is 4.19. The molecule has 0 saturated carbocycles. The first kappa shape index (κ1) is 13.2. The van der Waals surface area contributed by atoms with Gasteiger partial charge in [-0.2, -0.15) is 0 Å². The Balaban J connectivity index is 3.21. The topological polar surface area (TPSA) is 93.1 Å². The third-order valence-corrected chi connectivity index (χ3v) is 1.79. The van der Waals surface area contributed by atoms with Crippen LogP contribution in [0.15, 0.2) is 18.2 Å². The van der Waals surface area contributed by atoms with Gasteiger partial charge in [-0.25, -0.2) is 0 Å². The maximum atomic E-state index is 10.8. The van der Waals surface area contributed by atoms with Crippen molar-refractivity contribution in [2.24, 2.45) is 0 Å². The van der Waals surface area contributed by atoms with Crippen molar-refractivity contribution in [2.45, 2.75) is 13.8 Å². The van der Waals surface area contributed by atoms with E-state index in [0.29, 0.717) is 0 Å². The monoisotopic (exact) mass is 238 g/mol. The molecule has 0 atom stereocenters. The number of carbonyl (C=O) groups is 2. The van der Waals surface area contributed by atoms with E-state index in [1.165, 1.54) is 32.0 Å². The Morgan fingerprint density at radius 3 is 1.76 bits per heavy atom. The standard InChI is InChI=1S/C10H11BO6/c1-6(12)16-8-4-3-5-9(17-7(2)13)10(8)11(14)15/h3-5,14-15H,1-2H3. The van der Waals surface area contributed by atoms with Crippen LogP contribution in [0.4, 0.5) is 0 Å². The Kier molecular flexibility index (Phi) is 4.25. The number of hydrogen-bond donors (Lipinski definition) is 2. The van der Waals surface area contributed by atoms with Crippen LogP contribution in [0.25, 0.3) is 0 Å². The number of carbonyl (C=O) groups excluding carboxylic acids is 2. The lowest BCUT2D eigenvalue weighted by atomic mass is 9.78. The van der Waals surface area contributed by atoms with Gasteiger partial charge >= 0.3 is 19.1 Å². The van der Waals surface area contributed by atoms with Crippen LogP contribution in [0, 0.1) is 0 Å². The quantitative estimate of drug-likeness (QED) is 0.407. The average Bonchev–Trinajstić information content (AvgIpc) is 2.14. The molecule has 7 heteroatoms. The van der Waals surface area contributed by atoms with Gasteiger partial charge in [0.25, 0.3) is 0 Å². The summed E-state index contributed by atoms with van der Waals surface area (Å²) in [5.41, 5.74) is -0.169. The van der Waals surface area contributed by atoms with E-state index in [1.807, 2.05) is 0 Å². The third-order valence-electron chi connectivity index (χ3n) is 1.79. The van der Waals surface area contributed by atoms with Gasteiger partial charge in [-0.3, -0.25) is 9.59 Å². The fourth-order valence-corrected chi connectivity index (χ4v) is 1.27. The lowest BCUT2D eigenvalue weighted by molar-refractivity contribution is -0.132. The molecular formula is C10H11BO6. The predicted octanol–water partition coefficient (Wildman–Crippen LogP) is -0.783. The largest absolute Gasteiger partial charge is 0.496 e. The second kappa shape index (κ2) is 5.47. The zero-order chi connectivity index (χ0) is 13.0. The van der Waals surface area contributed by atoms with Gasteiger partial charge in [-0.1, -0.05) is 6.07 Å². The second-order valence-corrected chi connectivity index (χ2v) is 3.23. The highest BCUT2D eigenvalue weighted by Gasteiger charge is 2.24. The van der Waals surface area contributed by atoms with Crippen LogP contribution in [-0.2, 0) is 9.59 Å². The maximum Gasteiger partial charge on any atom is 0.496 e. The summed E-state index contributed by atoms with van der Waals surface area (Å²) in [6.07, 6.45) is 0. The number of esters is 2. The molecule has 0 spiro atoms. The van der Waals surface area contributed by atoms with E-state index in [2.05, 4.69) is 0 Å². The molecule has 1 rings (SSSR count). The molecule has 1 aromatic rings. The molecule has 0 unspecified atom stereocenters. The van der Waals surface area contributed by atoms with E-state index in [-0.39, 0.29) is 17.0 Å². The van der Waals surface area contributed by atoms with Crippen molar-refractivity contribution >= 4 is 24.5 Å². The number of ether oxygens (including phenoxy) is 2. The molecule has 0 aromatic heterocycles. The highest BCUT2D eigenvalue weighted by molar-refractivity contribution is 6.61. The van der Waals surface area contributed by atoms with E-state index in [0.717, 1.165) is 0 Å². The maximum absolute atomic E-state index is 10.8. The highest BCUT2D eigenvalue weighted by atomic mass is 16.5. The first-order valence-electron chi connectivity index (χ1n) is 4.77. The Bertz CT molecular complexity index is 408. The van der Waals surface area contributed by atoms with E-state index in [9.17, 15) is 19.6 Å². The van der Waals surface area contributed by atoms with Crippen LogP contribution in [0.5, 0.6) is 11.5 Å². The van der Waals surface area contributed by atoms with Gasteiger partial charge in [-0.15, -0.1) is 0 Å². The number of benzene rings is 1. The molecule has 0 aliphatic heterocycles. The Morgan fingerprint density at radius 1 is 1.06 bits per heavy atom. The summed E-state index contributed by atoms with van der Waals surface area (Å²) in [5, 5.41) is 18.4. The first-order chi connectivity index (χ1) is 7.91. The molecule has 2 N–H and O–H groups in total. The summed E-state index contributed by atoms with van der Waals surface area (Å²) in [4.78, 5) is 21.7. The van der Waals surface area contributed by atoms with Crippen LogP contribution in [0.2, 0.25) is 0 Å². The fraction of sp³-hybridized carbons (Fsp3) is 0.200. The highest BCUT2D eigenvalue weighted by Crippen LogP contribution is 2.17. The first-order valence-corrected chi connectivity index (χ1v) is 4.77. The molecule has 0 aliphatic carbocycles. The van der Waals surface area contributed by atoms with Crippen molar-refractivity contribution in [3.05, 3.63) is 18.2 Å². The van der Waals surface area contributed by atoms with Gasteiger partial charge < -0.3 is 19.5 Å². The van der Waals surface area contributed by atoms with Gasteiger partial charge in [0.15, 0.2) is 0 Å². The molecule has 0 radical (unpaired) electrons. The minimum Gasteiger partial charge on any atom is -0.427 e. The molecule has 0 saturated heterocycles. The van der Waals surface area contributed by atoms with Crippen molar-refractivity contribution in [3.8, 4) is 11.5 Å². The molecule has 17 heavy (non-hydrogen) atoms. The lowest BCUT2D eigenvalue weighted by Crippen LogP contribution is -2.34. The minimum absolute atomic E-state index is 0.0637. The molecule has 0 bridgehead atoms. The fourth-order valence-electron chi connectivity index (χ4n) is 1.27. The summed E-state index contributed by atoms with van der Waals surface area (Å²) < 4.78 is 9.56. The minimum atomic E-state index is -1.92. The van der Waals surface area contributed by atoms with Gasteiger partial charge in [-0.05, 0) is 12.1 Å². The summed E-state index contributed by atoms with van der Waals surface area (Å²) in [6.45, 7) is 2.35. The second-order valence-electron chi connectivity index (χ2n) is 3.23. The van der Waals surface area contributed by atoms with Crippen LogP contribution in [-0.4, -0.2) is 29.1 Å². The van der Waals surface area contributed by atoms with Crippen LogP contribution in [0.3, 0.4) is 0 Å². The van der Waals surface area contributed by atoms with Crippen LogP contribution in [0.1, 0.15) is 13.8 Å². The number of hydrogen-bond acceptors (Lipinski definition) is 6.